The molecule has 0 bridgehead atoms. The number of hydrogen-bond donors (Lipinski definition) is 2. The summed E-state index contributed by atoms with van der Waals surface area (Å²) in [6, 6.07) is 4.54. The van der Waals surface area contributed by atoms with Crippen LogP contribution in [0.25, 0.3) is 0 Å². The second-order valence-corrected chi connectivity index (χ2v) is 5.86. The van der Waals surface area contributed by atoms with Gasteiger partial charge in [-0.3, -0.25) is 14.5 Å². The minimum atomic E-state index is -0.872. The van der Waals surface area contributed by atoms with Gasteiger partial charge in [0, 0.05) is 5.56 Å². The van der Waals surface area contributed by atoms with Crippen molar-refractivity contribution in [1.29, 1.82) is 0 Å². The van der Waals surface area contributed by atoms with Crippen LogP contribution in [-0.4, -0.2) is 55.2 Å². The quantitative estimate of drug-likeness (QED) is 0.783. The molecule has 0 saturated carbocycles. The molecule has 1 aromatic carbocycles. The number of methoxy groups -OCH3 is 2. The van der Waals surface area contributed by atoms with Gasteiger partial charge >= 0.3 is 5.97 Å². The summed E-state index contributed by atoms with van der Waals surface area (Å²) in [7, 11) is 3.15. The van der Waals surface area contributed by atoms with E-state index in [9.17, 15) is 14.7 Å². The molecule has 1 aliphatic heterocycles. The molecule has 1 unspecified atom stereocenters. The van der Waals surface area contributed by atoms with Crippen molar-refractivity contribution in [2.75, 3.05) is 27.3 Å². The third-order valence-corrected chi connectivity index (χ3v) is 4.28. The fraction of sp³-hybridized carbons (Fsp3) is 0.529. The van der Waals surface area contributed by atoms with Crippen molar-refractivity contribution in [3.8, 4) is 11.5 Å². The van der Waals surface area contributed by atoms with E-state index in [-0.39, 0.29) is 18.5 Å². The number of nitrogens with one attached hydrogen (secondary N) is 1. The maximum Gasteiger partial charge on any atom is 0.320 e. The number of rotatable bonds is 7. The third kappa shape index (κ3) is 4.17. The van der Waals surface area contributed by atoms with E-state index in [4.69, 9.17) is 9.47 Å². The minimum Gasteiger partial charge on any atom is -0.497 e. The second-order valence-electron chi connectivity index (χ2n) is 5.86. The van der Waals surface area contributed by atoms with Crippen LogP contribution in [0.1, 0.15) is 31.4 Å². The Labute approximate surface area is 141 Å². The van der Waals surface area contributed by atoms with E-state index >= 15 is 0 Å². The first-order chi connectivity index (χ1) is 11.5. The molecular formula is C17H24N2O5. The molecule has 2 N–H and O–H groups in total. The lowest BCUT2D eigenvalue weighted by Gasteiger charge is -2.23. The molecule has 1 aliphatic rings. The van der Waals surface area contributed by atoms with E-state index in [0.29, 0.717) is 24.5 Å². The zero-order valence-electron chi connectivity index (χ0n) is 14.2. The van der Waals surface area contributed by atoms with E-state index < -0.39 is 12.0 Å². The Morgan fingerprint density at radius 1 is 1.38 bits per heavy atom. The fourth-order valence-corrected chi connectivity index (χ4v) is 3.02. The molecule has 7 heteroatoms. The van der Waals surface area contributed by atoms with Crippen molar-refractivity contribution in [2.45, 2.75) is 31.8 Å². The number of likely N-dealkylation sites (tertiary alicyclic amines) is 1. The molecule has 0 radical (unpaired) electrons. The summed E-state index contributed by atoms with van der Waals surface area (Å²) in [5.74, 6) is 0.258. The normalized spacial score (nSPS) is 18.9. The number of nitrogens with zero attached hydrogens (tertiary/aromatic N) is 1. The van der Waals surface area contributed by atoms with Gasteiger partial charge in [-0.05, 0) is 44.5 Å². The number of ether oxygens (including phenoxy) is 2. The maximum atomic E-state index is 12.3. The second kappa shape index (κ2) is 8.01. The molecule has 1 fully saturated rings. The number of amides is 1. The molecule has 7 nitrogen and oxygen atoms in total. The zero-order chi connectivity index (χ0) is 17.7. The van der Waals surface area contributed by atoms with E-state index in [2.05, 4.69) is 5.32 Å². The van der Waals surface area contributed by atoms with Gasteiger partial charge in [0.05, 0.1) is 26.8 Å². The minimum absolute atomic E-state index is 0.0770. The molecule has 24 heavy (non-hydrogen) atoms. The van der Waals surface area contributed by atoms with Crippen molar-refractivity contribution in [2.24, 2.45) is 0 Å². The average molecular weight is 336 g/mol. The van der Waals surface area contributed by atoms with E-state index in [1.165, 1.54) is 0 Å². The van der Waals surface area contributed by atoms with Crippen LogP contribution in [0.2, 0.25) is 0 Å². The Kier molecular flexibility index (Phi) is 6.03. The van der Waals surface area contributed by atoms with Crippen LogP contribution in [0.3, 0.4) is 0 Å². The lowest BCUT2D eigenvalue weighted by atomic mass is 10.1. The zero-order valence-corrected chi connectivity index (χ0v) is 14.2. The van der Waals surface area contributed by atoms with Crippen LogP contribution in [0.15, 0.2) is 18.2 Å². The van der Waals surface area contributed by atoms with Crippen molar-refractivity contribution >= 4 is 11.9 Å². The summed E-state index contributed by atoms with van der Waals surface area (Å²) >= 11 is 0. The summed E-state index contributed by atoms with van der Waals surface area (Å²) < 4.78 is 10.6. The molecule has 1 amide bonds. The number of carbonyl (C=O) groups is 2. The number of benzene rings is 1. The van der Waals surface area contributed by atoms with Crippen molar-refractivity contribution in [3.05, 3.63) is 23.8 Å². The summed E-state index contributed by atoms with van der Waals surface area (Å²) in [5.41, 5.74) is 0.807. The number of carbonyl (C=O) groups excluding carboxylic acids is 1. The van der Waals surface area contributed by atoms with Crippen LogP contribution < -0.4 is 14.8 Å². The van der Waals surface area contributed by atoms with Crippen LogP contribution in [0.4, 0.5) is 0 Å². The maximum absolute atomic E-state index is 12.3. The average Bonchev–Trinajstić information content (AvgIpc) is 3.02. The van der Waals surface area contributed by atoms with Crippen LogP contribution in [0, 0.1) is 0 Å². The Morgan fingerprint density at radius 3 is 2.75 bits per heavy atom. The van der Waals surface area contributed by atoms with Gasteiger partial charge in [0.1, 0.15) is 17.5 Å². The molecule has 132 valence electrons. The van der Waals surface area contributed by atoms with Crippen molar-refractivity contribution in [3.63, 3.8) is 0 Å². The van der Waals surface area contributed by atoms with Gasteiger partial charge in [0.2, 0.25) is 5.91 Å². The monoisotopic (exact) mass is 336 g/mol. The molecule has 1 aromatic rings. The number of aliphatic carboxylic acids is 1. The molecule has 2 rings (SSSR count). The highest BCUT2D eigenvalue weighted by Gasteiger charge is 2.31. The standard InChI is InChI=1S/C17H24N2O5/c1-11(13-9-12(23-2)6-7-15(13)24-3)18-16(20)10-19-8-4-5-14(19)17(21)22/h6-7,9,11,14H,4-5,8,10H2,1-3H3,(H,18,20)(H,21,22)/t11?,14-/m0/s1. The van der Waals surface area contributed by atoms with Crippen molar-refractivity contribution < 1.29 is 24.2 Å². The molecule has 0 aliphatic carbocycles. The Morgan fingerprint density at radius 2 is 2.12 bits per heavy atom. The Balaban J connectivity index is 2.02. The third-order valence-electron chi connectivity index (χ3n) is 4.28. The van der Waals surface area contributed by atoms with Crippen LogP contribution in [-0.2, 0) is 9.59 Å². The number of hydrogen-bond acceptors (Lipinski definition) is 5. The molecule has 1 heterocycles. The van der Waals surface area contributed by atoms with Gasteiger partial charge in [0.25, 0.3) is 0 Å². The lowest BCUT2D eigenvalue weighted by Crippen LogP contribution is -2.43. The Bertz CT molecular complexity index is 605. The summed E-state index contributed by atoms with van der Waals surface area (Å²) in [4.78, 5) is 25.2. The van der Waals surface area contributed by atoms with Crippen LogP contribution in [0.5, 0.6) is 11.5 Å². The van der Waals surface area contributed by atoms with E-state index in [1.807, 2.05) is 13.0 Å². The topological polar surface area (TPSA) is 88.1 Å². The first-order valence-corrected chi connectivity index (χ1v) is 7.94. The van der Waals surface area contributed by atoms with Gasteiger partial charge < -0.3 is 19.9 Å². The van der Waals surface area contributed by atoms with E-state index in [0.717, 1.165) is 12.0 Å². The smallest absolute Gasteiger partial charge is 0.320 e. The van der Waals surface area contributed by atoms with Gasteiger partial charge in [-0.15, -0.1) is 0 Å². The molecule has 0 spiro atoms. The highest BCUT2D eigenvalue weighted by atomic mass is 16.5. The largest absolute Gasteiger partial charge is 0.497 e. The van der Waals surface area contributed by atoms with Gasteiger partial charge in [-0.1, -0.05) is 0 Å². The molecule has 0 aromatic heterocycles. The summed E-state index contributed by atoms with van der Waals surface area (Å²) in [5, 5.41) is 12.1. The number of carboxylic acids is 1. The van der Waals surface area contributed by atoms with Crippen molar-refractivity contribution in [1.82, 2.24) is 10.2 Å². The van der Waals surface area contributed by atoms with E-state index in [1.54, 1.807) is 31.3 Å². The predicted octanol–water partition coefficient (Wildman–Crippen LogP) is 1.43. The Hall–Kier alpha value is -2.28. The lowest BCUT2D eigenvalue weighted by molar-refractivity contribution is -0.142. The van der Waals surface area contributed by atoms with Gasteiger partial charge in [-0.25, -0.2) is 0 Å². The highest BCUT2D eigenvalue weighted by Crippen LogP contribution is 2.29. The van der Waals surface area contributed by atoms with Crippen LogP contribution >= 0.6 is 0 Å². The van der Waals surface area contributed by atoms with Gasteiger partial charge in [0.15, 0.2) is 0 Å². The SMILES string of the molecule is COc1ccc(OC)c(C(C)NC(=O)CN2CCC[C@H]2C(=O)O)c1. The first-order valence-electron chi connectivity index (χ1n) is 7.94. The predicted molar refractivity (Wildman–Crippen MR) is 88.3 cm³/mol. The molecule has 2 atom stereocenters. The summed E-state index contributed by atoms with van der Waals surface area (Å²) in [6.07, 6.45) is 1.38. The summed E-state index contributed by atoms with van der Waals surface area (Å²) in [6.45, 7) is 2.56. The highest BCUT2D eigenvalue weighted by molar-refractivity contribution is 5.80. The van der Waals surface area contributed by atoms with Gasteiger partial charge in [-0.2, -0.15) is 0 Å². The number of carboxylic acid groups (broad SMARTS) is 1. The molecule has 1 saturated heterocycles. The fourth-order valence-electron chi connectivity index (χ4n) is 3.02. The first kappa shape index (κ1) is 18.1. The molecular weight excluding hydrogens is 312 g/mol.